The summed E-state index contributed by atoms with van der Waals surface area (Å²) in [5.41, 5.74) is 3.67. The summed E-state index contributed by atoms with van der Waals surface area (Å²) < 4.78 is 16.0. The number of hydrogen-bond acceptors (Lipinski definition) is 5. The molecule has 0 aliphatic rings. The van der Waals surface area contributed by atoms with Crippen LogP contribution in [0.2, 0.25) is 5.02 Å². The maximum Gasteiger partial charge on any atom is 0.271 e. The lowest BCUT2D eigenvalue weighted by Crippen LogP contribution is -2.17. The number of rotatable bonds is 6. The Morgan fingerprint density at radius 2 is 1.81 bits per heavy atom. The van der Waals surface area contributed by atoms with Gasteiger partial charge < -0.3 is 13.9 Å². The number of hydrogen-bond donors (Lipinski definition) is 1. The Morgan fingerprint density at radius 3 is 2.48 bits per heavy atom. The standard InChI is InChI=1S/C20H17ClN2O4/c1-25-17-9-14(10-18(11-17)26-2)20(24)23-22-12-16-6-7-19(27-16)13-4-3-5-15(21)8-13/h3-12H,1-2H3,(H,23,24). The Hall–Kier alpha value is -3.25. The van der Waals surface area contributed by atoms with Crippen LogP contribution in [0, 0.1) is 0 Å². The van der Waals surface area contributed by atoms with Crippen LogP contribution in [0.5, 0.6) is 11.5 Å². The number of ether oxygens (including phenoxy) is 2. The highest BCUT2D eigenvalue weighted by Crippen LogP contribution is 2.24. The van der Waals surface area contributed by atoms with Crippen molar-refractivity contribution in [2.75, 3.05) is 14.2 Å². The van der Waals surface area contributed by atoms with E-state index >= 15 is 0 Å². The van der Waals surface area contributed by atoms with Crippen LogP contribution in [0.3, 0.4) is 0 Å². The molecule has 0 atom stereocenters. The summed E-state index contributed by atoms with van der Waals surface area (Å²) in [4.78, 5) is 12.3. The summed E-state index contributed by atoms with van der Waals surface area (Å²) in [6, 6.07) is 15.8. The summed E-state index contributed by atoms with van der Waals surface area (Å²) in [6.45, 7) is 0. The first-order valence-electron chi connectivity index (χ1n) is 8.01. The van der Waals surface area contributed by atoms with Crippen LogP contribution >= 0.6 is 11.6 Å². The number of nitrogens with zero attached hydrogens (tertiary/aromatic N) is 1. The number of hydrazone groups is 1. The monoisotopic (exact) mass is 384 g/mol. The molecule has 1 heterocycles. The summed E-state index contributed by atoms with van der Waals surface area (Å²) in [7, 11) is 3.03. The van der Waals surface area contributed by atoms with Crippen LogP contribution in [0.4, 0.5) is 0 Å². The Morgan fingerprint density at radius 1 is 1.07 bits per heavy atom. The van der Waals surface area contributed by atoms with E-state index in [-0.39, 0.29) is 0 Å². The van der Waals surface area contributed by atoms with Gasteiger partial charge in [0.05, 0.1) is 20.4 Å². The van der Waals surface area contributed by atoms with Crippen molar-refractivity contribution >= 4 is 23.7 Å². The Labute approximate surface area is 161 Å². The number of benzene rings is 2. The fourth-order valence-corrected chi connectivity index (χ4v) is 2.57. The zero-order valence-corrected chi connectivity index (χ0v) is 15.5. The van der Waals surface area contributed by atoms with Gasteiger partial charge in [-0.1, -0.05) is 23.7 Å². The quantitative estimate of drug-likeness (QED) is 0.505. The van der Waals surface area contributed by atoms with Gasteiger partial charge in [-0.2, -0.15) is 5.10 Å². The normalized spacial score (nSPS) is 10.8. The molecule has 3 rings (SSSR count). The van der Waals surface area contributed by atoms with Gasteiger partial charge in [-0.15, -0.1) is 0 Å². The van der Waals surface area contributed by atoms with Crippen molar-refractivity contribution < 1.29 is 18.7 Å². The summed E-state index contributed by atoms with van der Waals surface area (Å²) in [6.07, 6.45) is 1.42. The van der Waals surface area contributed by atoms with Gasteiger partial charge in [0, 0.05) is 22.2 Å². The molecule has 27 heavy (non-hydrogen) atoms. The molecule has 138 valence electrons. The van der Waals surface area contributed by atoms with Gasteiger partial charge in [0.2, 0.25) is 0 Å². The highest BCUT2D eigenvalue weighted by atomic mass is 35.5. The molecular weight excluding hydrogens is 368 g/mol. The molecule has 1 aromatic heterocycles. The van der Waals surface area contributed by atoms with E-state index in [1.54, 1.807) is 36.4 Å². The molecule has 0 spiro atoms. The van der Waals surface area contributed by atoms with Crippen molar-refractivity contribution in [3.05, 3.63) is 70.9 Å². The molecule has 0 unspecified atom stereocenters. The van der Waals surface area contributed by atoms with Crippen molar-refractivity contribution in [2.24, 2.45) is 5.10 Å². The SMILES string of the molecule is COc1cc(OC)cc(C(=O)NN=Cc2ccc(-c3cccc(Cl)c3)o2)c1. The molecule has 0 aliphatic carbocycles. The topological polar surface area (TPSA) is 73.1 Å². The second kappa shape index (κ2) is 8.42. The maximum atomic E-state index is 12.3. The van der Waals surface area contributed by atoms with Gasteiger partial charge in [-0.3, -0.25) is 4.79 Å². The van der Waals surface area contributed by atoms with Crippen molar-refractivity contribution in [3.63, 3.8) is 0 Å². The molecule has 0 bridgehead atoms. The zero-order valence-electron chi connectivity index (χ0n) is 14.7. The van der Waals surface area contributed by atoms with Crippen LogP contribution < -0.4 is 14.9 Å². The van der Waals surface area contributed by atoms with Gasteiger partial charge in [-0.05, 0) is 36.4 Å². The predicted molar refractivity (Wildman–Crippen MR) is 104 cm³/mol. The van der Waals surface area contributed by atoms with E-state index in [1.165, 1.54) is 20.4 Å². The van der Waals surface area contributed by atoms with E-state index < -0.39 is 5.91 Å². The molecule has 0 saturated heterocycles. The molecule has 0 saturated carbocycles. The average molecular weight is 385 g/mol. The molecule has 7 heteroatoms. The third-order valence-electron chi connectivity index (χ3n) is 3.71. The van der Waals surface area contributed by atoms with Gasteiger partial charge in [-0.25, -0.2) is 5.43 Å². The van der Waals surface area contributed by atoms with Crippen molar-refractivity contribution in [1.29, 1.82) is 0 Å². The first-order chi connectivity index (χ1) is 13.1. The Balaban J connectivity index is 1.68. The second-order valence-electron chi connectivity index (χ2n) is 5.51. The van der Waals surface area contributed by atoms with Crippen molar-refractivity contribution in [2.45, 2.75) is 0 Å². The largest absolute Gasteiger partial charge is 0.497 e. The van der Waals surface area contributed by atoms with Crippen molar-refractivity contribution in [3.8, 4) is 22.8 Å². The van der Waals surface area contributed by atoms with Gasteiger partial charge in [0.15, 0.2) is 0 Å². The lowest BCUT2D eigenvalue weighted by Gasteiger charge is -2.07. The third kappa shape index (κ3) is 4.68. The van der Waals surface area contributed by atoms with E-state index in [0.29, 0.717) is 33.6 Å². The highest BCUT2D eigenvalue weighted by Gasteiger charge is 2.09. The number of furan rings is 1. The highest BCUT2D eigenvalue weighted by molar-refractivity contribution is 6.30. The van der Waals surface area contributed by atoms with E-state index in [0.717, 1.165) is 5.56 Å². The van der Waals surface area contributed by atoms with E-state index in [9.17, 15) is 4.79 Å². The number of halogens is 1. The molecule has 3 aromatic rings. The summed E-state index contributed by atoms with van der Waals surface area (Å²) in [5.74, 6) is 1.78. The number of carbonyl (C=O) groups excluding carboxylic acids is 1. The fraction of sp³-hybridized carbons (Fsp3) is 0.100. The van der Waals surface area contributed by atoms with Gasteiger partial charge >= 0.3 is 0 Å². The number of amides is 1. The van der Waals surface area contributed by atoms with Crippen LogP contribution in [0.1, 0.15) is 16.1 Å². The van der Waals surface area contributed by atoms with Crippen LogP contribution in [-0.2, 0) is 0 Å². The number of nitrogens with one attached hydrogen (secondary N) is 1. The Bertz CT molecular complexity index is 959. The average Bonchev–Trinajstić information content (AvgIpc) is 3.16. The molecule has 1 amide bonds. The lowest BCUT2D eigenvalue weighted by molar-refractivity contribution is 0.0954. The minimum Gasteiger partial charge on any atom is -0.497 e. The smallest absolute Gasteiger partial charge is 0.271 e. The first-order valence-corrected chi connectivity index (χ1v) is 8.39. The fourth-order valence-electron chi connectivity index (χ4n) is 2.38. The van der Waals surface area contributed by atoms with E-state index in [1.807, 2.05) is 18.2 Å². The molecule has 0 fully saturated rings. The minimum atomic E-state index is -0.398. The van der Waals surface area contributed by atoms with Crippen LogP contribution in [0.25, 0.3) is 11.3 Å². The molecule has 0 aliphatic heterocycles. The van der Waals surface area contributed by atoms with Crippen molar-refractivity contribution in [1.82, 2.24) is 5.43 Å². The molecule has 6 nitrogen and oxygen atoms in total. The molecule has 2 aromatic carbocycles. The molecular formula is C20H17ClN2O4. The number of carbonyl (C=O) groups is 1. The van der Waals surface area contributed by atoms with E-state index in [4.69, 9.17) is 25.5 Å². The summed E-state index contributed by atoms with van der Waals surface area (Å²) >= 11 is 5.99. The predicted octanol–water partition coefficient (Wildman–Crippen LogP) is 4.38. The lowest BCUT2D eigenvalue weighted by atomic mass is 10.2. The summed E-state index contributed by atoms with van der Waals surface area (Å²) in [5, 5.41) is 4.55. The minimum absolute atomic E-state index is 0.363. The number of methoxy groups -OCH3 is 2. The Kier molecular flexibility index (Phi) is 5.78. The van der Waals surface area contributed by atoms with Crippen LogP contribution in [-0.4, -0.2) is 26.3 Å². The zero-order chi connectivity index (χ0) is 19.2. The third-order valence-corrected chi connectivity index (χ3v) is 3.94. The molecule has 0 radical (unpaired) electrons. The van der Waals surface area contributed by atoms with E-state index in [2.05, 4.69) is 10.5 Å². The second-order valence-corrected chi connectivity index (χ2v) is 5.95. The first kappa shape index (κ1) is 18.5. The maximum absolute atomic E-state index is 12.3. The molecule has 1 N–H and O–H groups in total. The van der Waals surface area contributed by atoms with Gasteiger partial charge in [0.1, 0.15) is 23.0 Å². The van der Waals surface area contributed by atoms with Gasteiger partial charge in [0.25, 0.3) is 5.91 Å². The van der Waals surface area contributed by atoms with Crippen LogP contribution in [0.15, 0.2) is 64.1 Å².